The molecule has 0 bridgehead atoms. The smallest absolute Gasteiger partial charge is 0.257 e. The monoisotopic (exact) mass is 368 g/mol. The van der Waals surface area contributed by atoms with E-state index in [1.54, 1.807) is 12.1 Å². The third kappa shape index (κ3) is 4.34. The van der Waals surface area contributed by atoms with Crippen LogP contribution in [0.4, 0.5) is 5.69 Å². The summed E-state index contributed by atoms with van der Waals surface area (Å²) >= 11 is 16.8. The van der Waals surface area contributed by atoms with Gasteiger partial charge in [0, 0.05) is 11.3 Å². The highest BCUT2D eigenvalue weighted by Gasteiger charge is 2.11. The number of aryl methyl sites for hydroxylation is 2. The molecule has 0 aliphatic carbocycles. The number of hydrogen-bond donors (Lipinski definition) is 3. The molecule has 0 aliphatic heterocycles. The third-order valence-corrected chi connectivity index (χ3v) is 4.05. The minimum Gasteiger partial charge on any atom is -0.505 e. The van der Waals surface area contributed by atoms with E-state index in [9.17, 15) is 9.90 Å². The van der Waals surface area contributed by atoms with Crippen LogP contribution in [0.5, 0.6) is 5.75 Å². The predicted octanol–water partition coefficient (Wildman–Crippen LogP) is 4.44. The summed E-state index contributed by atoms with van der Waals surface area (Å²) in [5, 5.41) is 15.2. The number of thiocarbonyl (C=S) groups is 1. The van der Waals surface area contributed by atoms with Crippen molar-refractivity contribution >= 4 is 52.1 Å². The number of hydrogen-bond acceptors (Lipinski definition) is 3. The van der Waals surface area contributed by atoms with Crippen LogP contribution >= 0.6 is 35.4 Å². The normalized spacial score (nSPS) is 10.3. The second kappa shape index (κ2) is 7.17. The van der Waals surface area contributed by atoms with Gasteiger partial charge in [0.15, 0.2) is 10.9 Å². The number of rotatable bonds is 2. The SMILES string of the molecule is Cc1ccc(C(=O)NC(=S)Nc2cc(Cl)c(O)c(Cl)c2)cc1C. The van der Waals surface area contributed by atoms with Gasteiger partial charge < -0.3 is 10.4 Å². The van der Waals surface area contributed by atoms with Gasteiger partial charge in [-0.25, -0.2) is 0 Å². The number of phenolic OH excluding ortho intramolecular Hbond substituents is 1. The molecule has 3 N–H and O–H groups in total. The lowest BCUT2D eigenvalue weighted by atomic mass is 10.1. The Labute approximate surface area is 149 Å². The van der Waals surface area contributed by atoms with Crippen molar-refractivity contribution in [1.82, 2.24) is 5.32 Å². The Morgan fingerprint density at radius 2 is 1.70 bits per heavy atom. The van der Waals surface area contributed by atoms with Crippen molar-refractivity contribution in [3.05, 3.63) is 57.1 Å². The van der Waals surface area contributed by atoms with E-state index in [1.807, 2.05) is 19.9 Å². The van der Waals surface area contributed by atoms with E-state index in [0.717, 1.165) is 11.1 Å². The van der Waals surface area contributed by atoms with E-state index in [4.69, 9.17) is 35.4 Å². The fraction of sp³-hybridized carbons (Fsp3) is 0.125. The third-order valence-electron chi connectivity index (χ3n) is 3.27. The molecule has 0 aliphatic rings. The van der Waals surface area contributed by atoms with Crippen molar-refractivity contribution in [2.75, 3.05) is 5.32 Å². The highest BCUT2D eigenvalue weighted by Crippen LogP contribution is 2.34. The first kappa shape index (κ1) is 17.5. The minimum absolute atomic E-state index is 0.0864. The van der Waals surface area contributed by atoms with Gasteiger partial charge in [0.25, 0.3) is 5.91 Å². The van der Waals surface area contributed by atoms with E-state index in [2.05, 4.69) is 10.6 Å². The molecule has 2 aromatic carbocycles. The van der Waals surface area contributed by atoms with Gasteiger partial charge in [-0.05, 0) is 61.5 Å². The van der Waals surface area contributed by atoms with Gasteiger partial charge in [0.2, 0.25) is 0 Å². The summed E-state index contributed by atoms with van der Waals surface area (Å²) in [7, 11) is 0. The van der Waals surface area contributed by atoms with Crippen LogP contribution in [-0.2, 0) is 0 Å². The summed E-state index contributed by atoms with van der Waals surface area (Å²) in [5.74, 6) is -0.523. The zero-order chi connectivity index (χ0) is 17.1. The molecule has 0 saturated carbocycles. The average molecular weight is 369 g/mol. The lowest BCUT2D eigenvalue weighted by Crippen LogP contribution is -2.34. The molecule has 7 heteroatoms. The van der Waals surface area contributed by atoms with E-state index >= 15 is 0 Å². The number of aromatic hydroxyl groups is 1. The van der Waals surface area contributed by atoms with Crippen molar-refractivity contribution in [2.45, 2.75) is 13.8 Å². The minimum atomic E-state index is -0.318. The molecular weight excluding hydrogens is 355 g/mol. The van der Waals surface area contributed by atoms with Crippen molar-refractivity contribution in [1.29, 1.82) is 0 Å². The highest BCUT2D eigenvalue weighted by molar-refractivity contribution is 7.80. The number of benzene rings is 2. The van der Waals surface area contributed by atoms with Gasteiger partial charge in [0.05, 0.1) is 10.0 Å². The number of nitrogens with one attached hydrogen (secondary N) is 2. The molecule has 0 saturated heterocycles. The Morgan fingerprint density at radius 1 is 1.09 bits per heavy atom. The summed E-state index contributed by atoms with van der Waals surface area (Å²) in [6, 6.07) is 8.31. The summed E-state index contributed by atoms with van der Waals surface area (Å²) < 4.78 is 0. The quantitative estimate of drug-likeness (QED) is 0.541. The molecule has 0 spiro atoms. The lowest BCUT2D eigenvalue weighted by Gasteiger charge is -2.11. The van der Waals surface area contributed by atoms with Gasteiger partial charge >= 0.3 is 0 Å². The first-order valence-corrected chi connectivity index (χ1v) is 7.82. The number of phenols is 1. The largest absolute Gasteiger partial charge is 0.505 e. The second-order valence-electron chi connectivity index (χ2n) is 5.00. The van der Waals surface area contributed by atoms with Crippen LogP contribution in [-0.4, -0.2) is 16.1 Å². The van der Waals surface area contributed by atoms with Gasteiger partial charge in [-0.15, -0.1) is 0 Å². The number of amides is 1. The summed E-state index contributed by atoms with van der Waals surface area (Å²) in [4.78, 5) is 12.2. The maximum absolute atomic E-state index is 12.2. The van der Waals surface area contributed by atoms with Crippen LogP contribution in [0.2, 0.25) is 10.0 Å². The molecule has 0 atom stereocenters. The molecule has 120 valence electrons. The lowest BCUT2D eigenvalue weighted by molar-refractivity contribution is 0.0977. The van der Waals surface area contributed by atoms with Crippen LogP contribution in [0.1, 0.15) is 21.5 Å². The molecule has 2 rings (SSSR count). The fourth-order valence-electron chi connectivity index (χ4n) is 1.86. The van der Waals surface area contributed by atoms with Gasteiger partial charge in [-0.3, -0.25) is 10.1 Å². The number of halogens is 2. The van der Waals surface area contributed by atoms with Gasteiger partial charge in [-0.2, -0.15) is 0 Å². The topological polar surface area (TPSA) is 61.4 Å². The van der Waals surface area contributed by atoms with E-state index < -0.39 is 0 Å². The fourth-order valence-corrected chi connectivity index (χ4v) is 2.56. The van der Waals surface area contributed by atoms with Crippen LogP contribution in [0.3, 0.4) is 0 Å². The number of carbonyl (C=O) groups is 1. The summed E-state index contributed by atoms with van der Waals surface area (Å²) in [6.45, 7) is 3.91. The average Bonchev–Trinajstić information content (AvgIpc) is 2.47. The number of anilines is 1. The molecule has 0 heterocycles. The van der Waals surface area contributed by atoms with Gasteiger partial charge in [-0.1, -0.05) is 29.3 Å². The van der Waals surface area contributed by atoms with Crippen LogP contribution in [0, 0.1) is 13.8 Å². The van der Waals surface area contributed by atoms with E-state index in [-0.39, 0.29) is 26.8 Å². The molecule has 1 amide bonds. The maximum Gasteiger partial charge on any atom is 0.257 e. The molecule has 4 nitrogen and oxygen atoms in total. The van der Waals surface area contributed by atoms with Crippen molar-refractivity contribution in [2.24, 2.45) is 0 Å². The predicted molar refractivity (Wildman–Crippen MR) is 97.7 cm³/mol. The van der Waals surface area contributed by atoms with Crippen LogP contribution in [0.25, 0.3) is 0 Å². The zero-order valence-corrected chi connectivity index (χ0v) is 14.7. The summed E-state index contributed by atoms with van der Waals surface area (Å²) in [6.07, 6.45) is 0. The Hall–Kier alpha value is -1.82. The van der Waals surface area contributed by atoms with E-state index in [1.165, 1.54) is 12.1 Å². The molecular formula is C16H14Cl2N2O2S. The standard InChI is InChI=1S/C16H14Cl2N2O2S/c1-8-3-4-10(5-9(8)2)15(22)20-16(23)19-11-6-12(17)14(21)13(18)7-11/h3-7,21H,1-2H3,(H2,19,20,22,23). The number of carbonyl (C=O) groups excluding carboxylic acids is 1. The maximum atomic E-state index is 12.2. The molecule has 0 aromatic heterocycles. The van der Waals surface area contributed by atoms with Crippen molar-refractivity contribution in [3.63, 3.8) is 0 Å². The molecule has 0 radical (unpaired) electrons. The first-order valence-electron chi connectivity index (χ1n) is 6.65. The molecule has 23 heavy (non-hydrogen) atoms. The Balaban J connectivity index is 2.07. The molecule has 0 fully saturated rings. The van der Waals surface area contributed by atoms with Crippen LogP contribution < -0.4 is 10.6 Å². The molecule has 0 unspecified atom stereocenters. The zero-order valence-electron chi connectivity index (χ0n) is 12.4. The van der Waals surface area contributed by atoms with E-state index in [0.29, 0.717) is 11.3 Å². The van der Waals surface area contributed by atoms with Crippen LogP contribution in [0.15, 0.2) is 30.3 Å². The summed E-state index contributed by atoms with van der Waals surface area (Å²) in [5.41, 5.74) is 3.10. The highest BCUT2D eigenvalue weighted by atomic mass is 35.5. The Bertz CT molecular complexity index is 771. The first-order chi connectivity index (χ1) is 10.8. The Kier molecular flexibility index (Phi) is 5.46. The Morgan fingerprint density at radius 3 is 2.26 bits per heavy atom. The van der Waals surface area contributed by atoms with Gasteiger partial charge in [0.1, 0.15) is 0 Å². The van der Waals surface area contributed by atoms with Crippen molar-refractivity contribution < 1.29 is 9.90 Å². The van der Waals surface area contributed by atoms with Crippen molar-refractivity contribution in [3.8, 4) is 5.75 Å². The molecule has 2 aromatic rings. The second-order valence-corrected chi connectivity index (χ2v) is 6.22.